The van der Waals surface area contributed by atoms with Crippen LogP contribution >= 0.6 is 0 Å². The molecule has 1 aromatic rings. The van der Waals surface area contributed by atoms with Crippen LogP contribution in [0.2, 0.25) is 0 Å². The molecule has 8 nitrogen and oxygen atoms in total. The van der Waals surface area contributed by atoms with Crippen LogP contribution in [0.5, 0.6) is 0 Å². The fraction of sp³-hybridized carbons (Fsp3) is 0.667. The van der Waals surface area contributed by atoms with Crippen LogP contribution in [0.25, 0.3) is 10.4 Å². The van der Waals surface area contributed by atoms with Gasteiger partial charge in [0.05, 0.1) is 0 Å². The molecule has 0 amide bonds. The molecule has 0 bridgehead atoms. The third-order valence-electron chi connectivity index (χ3n) is 2.28. The van der Waals surface area contributed by atoms with E-state index in [4.69, 9.17) is 10.1 Å². The predicted octanol–water partition coefficient (Wildman–Crippen LogP) is 1.66. The van der Waals surface area contributed by atoms with Gasteiger partial charge < -0.3 is 4.52 Å². The fourth-order valence-electron chi connectivity index (χ4n) is 1.49. The molecule has 0 atom stereocenters. The number of azide groups is 1. The first-order chi connectivity index (χ1) is 8.49. The first kappa shape index (κ1) is 14.5. The minimum atomic E-state index is -3.58. The lowest BCUT2D eigenvalue weighted by Gasteiger charge is -2.05. The Labute approximate surface area is 105 Å². The Bertz CT molecular complexity index is 525. The molecule has 1 aromatic heterocycles. The standard InChI is InChI=1S/C9H15N5O3S/c1-7-9(8(2)17-13-7)18(15,16)12-6-4-3-5-11-14-10/h12H,3-6H2,1-2H3. The van der Waals surface area contributed by atoms with Gasteiger partial charge >= 0.3 is 0 Å². The van der Waals surface area contributed by atoms with E-state index in [1.54, 1.807) is 13.8 Å². The summed E-state index contributed by atoms with van der Waals surface area (Å²) in [5, 5.41) is 6.96. The second-order valence-electron chi connectivity index (χ2n) is 3.71. The lowest BCUT2D eigenvalue weighted by molar-refractivity contribution is 0.390. The van der Waals surface area contributed by atoms with Gasteiger partial charge in [-0.3, -0.25) is 0 Å². The molecule has 9 heteroatoms. The highest BCUT2D eigenvalue weighted by molar-refractivity contribution is 7.89. The van der Waals surface area contributed by atoms with Crippen molar-refractivity contribution >= 4 is 10.0 Å². The fourth-order valence-corrected chi connectivity index (χ4v) is 2.89. The van der Waals surface area contributed by atoms with Gasteiger partial charge in [0.1, 0.15) is 10.6 Å². The van der Waals surface area contributed by atoms with Crippen LogP contribution in [0.4, 0.5) is 0 Å². The largest absolute Gasteiger partial charge is 0.360 e. The topological polar surface area (TPSA) is 121 Å². The Hall–Kier alpha value is -1.57. The molecule has 0 aliphatic heterocycles. The van der Waals surface area contributed by atoms with Gasteiger partial charge in [0.15, 0.2) is 5.76 Å². The normalized spacial score (nSPS) is 11.2. The molecule has 100 valence electrons. The first-order valence-electron chi connectivity index (χ1n) is 5.42. The molecule has 0 saturated carbocycles. The van der Waals surface area contributed by atoms with E-state index in [2.05, 4.69) is 19.9 Å². The highest BCUT2D eigenvalue weighted by Gasteiger charge is 2.23. The van der Waals surface area contributed by atoms with Crippen molar-refractivity contribution in [2.75, 3.05) is 13.1 Å². The van der Waals surface area contributed by atoms with Crippen molar-refractivity contribution < 1.29 is 12.9 Å². The summed E-state index contributed by atoms with van der Waals surface area (Å²) in [5.41, 5.74) is 8.41. The molecular weight excluding hydrogens is 258 g/mol. The zero-order valence-electron chi connectivity index (χ0n) is 10.3. The molecule has 0 radical (unpaired) electrons. The smallest absolute Gasteiger partial charge is 0.245 e. The highest BCUT2D eigenvalue weighted by atomic mass is 32.2. The third kappa shape index (κ3) is 3.73. The minimum Gasteiger partial charge on any atom is -0.360 e. The van der Waals surface area contributed by atoms with E-state index in [-0.39, 0.29) is 17.2 Å². The van der Waals surface area contributed by atoms with Gasteiger partial charge in [0.2, 0.25) is 10.0 Å². The molecule has 0 aromatic carbocycles. The van der Waals surface area contributed by atoms with Crippen molar-refractivity contribution in [2.45, 2.75) is 31.6 Å². The summed E-state index contributed by atoms with van der Waals surface area (Å²) in [6.45, 7) is 3.78. The molecular formula is C9H15N5O3S. The number of hydrogen-bond donors (Lipinski definition) is 1. The average Bonchev–Trinajstić information content (AvgIpc) is 2.64. The number of aromatic nitrogens is 1. The van der Waals surface area contributed by atoms with E-state index >= 15 is 0 Å². The zero-order valence-corrected chi connectivity index (χ0v) is 11.1. The molecule has 0 aliphatic rings. The predicted molar refractivity (Wildman–Crippen MR) is 64.4 cm³/mol. The maximum absolute atomic E-state index is 11.9. The van der Waals surface area contributed by atoms with Crippen LogP contribution in [-0.4, -0.2) is 26.7 Å². The van der Waals surface area contributed by atoms with Gasteiger partial charge in [-0.15, -0.1) is 0 Å². The van der Waals surface area contributed by atoms with E-state index in [0.29, 0.717) is 25.1 Å². The molecule has 18 heavy (non-hydrogen) atoms. The number of nitrogens with one attached hydrogen (secondary N) is 1. The monoisotopic (exact) mass is 273 g/mol. The second kappa shape index (κ2) is 6.39. The molecule has 1 heterocycles. The SMILES string of the molecule is Cc1noc(C)c1S(=O)(=O)NCCCCN=[N+]=[N-]. The van der Waals surface area contributed by atoms with Crippen LogP contribution in [0.3, 0.4) is 0 Å². The molecule has 1 rings (SSSR count). The van der Waals surface area contributed by atoms with E-state index in [1.807, 2.05) is 0 Å². The quantitative estimate of drug-likeness (QED) is 0.351. The summed E-state index contributed by atoms with van der Waals surface area (Å²) in [5.74, 6) is 0.272. The molecule has 0 saturated heterocycles. The van der Waals surface area contributed by atoms with Crippen LogP contribution in [0.1, 0.15) is 24.3 Å². The summed E-state index contributed by atoms with van der Waals surface area (Å²) in [6.07, 6.45) is 1.23. The van der Waals surface area contributed by atoms with E-state index < -0.39 is 10.0 Å². The third-order valence-corrected chi connectivity index (χ3v) is 3.98. The van der Waals surface area contributed by atoms with Gasteiger partial charge in [-0.2, -0.15) is 0 Å². The lowest BCUT2D eigenvalue weighted by Crippen LogP contribution is -2.25. The van der Waals surface area contributed by atoms with Crippen LogP contribution in [0, 0.1) is 13.8 Å². The van der Waals surface area contributed by atoms with Gasteiger partial charge in [0.25, 0.3) is 0 Å². The number of unbranched alkanes of at least 4 members (excludes halogenated alkanes) is 1. The highest BCUT2D eigenvalue weighted by Crippen LogP contribution is 2.18. The Balaban J connectivity index is 2.53. The van der Waals surface area contributed by atoms with Gasteiger partial charge in [-0.25, -0.2) is 13.1 Å². The first-order valence-corrected chi connectivity index (χ1v) is 6.90. The van der Waals surface area contributed by atoms with Crippen molar-refractivity contribution in [3.05, 3.63) is 21.9 Å². The number of nitrogens with zero attached hydrogens (tertiary/aromatic N) is 4. The van der Waals surface area contributed by atoms with Crippen LogP contribution in [0.15, 0.2) is 14.5 Å². The molecule has 0 unspecified atom stereocenters. The maximum Gasteiger partial charge on any atom is 0.245 e. The number of hydrogen-bond acceptors (Lipinski definition) is 5. The Morgan fingerprint density at radius 1 is 1.44 bits per heavy atom. The van der Waals surface area contributed by atoms with Gasteiger partial charge in [-0.05, 0) is 32.2 Å². The number of rotatable bonds is 7. The van der Waals surface area contributed by atoms with Crippen molar-refractivity contribution in [3.63, 3.8) is 0 Å². The van der Waals surface area contributed by atoms with Crippen molar-refractivity contribution in [1.82, 2.24) is 9.88 Å². The van der Waals surface area contributed by atoms with Gasteiger partial charge in [-0.1, -0.05) is 10.3 Å². The lowest BCUT2D eigenvalue weighted by atomic mass is 10.3. The average molecular weight is 273 g/mol. The number of aryl methyl sites for hydroxylation is 2. The van der Waals surface area contributed by atoms with Gasteiger partial charge in [0, 0.05) is 18.0 Å². The number of sulfonamides is 1. The summed E-state index contributed by atoms with van der Waals surface area (Å²) < 4.78 is 31.1. The summed E-state index contributed by atoms with van der Waals surface area (Å²) in [7, 11) is -3.58. The molecule has 0 spiro atoms. The summed E-state index contributed by atoms with van der Waals surface area (Å²) in [6, 6.07) is 0. The second-order valence-corrected chi connectivity index (χ2v) is 5.42. The zero-order chi connectivity index (χ0) is 13.6. The van der Waals surface area contributed by atoms with Crippen LogP contribution < -0.4 is 4.72 Å². The molecule has 1 N–H and O–H groups in total. The van der Waals surface area contributed by atoms with E-state index in [9.17, 15) is 8.42 Å². The minimum absolute atomic E-state index is 0.0949. The Morgan fingerprint density at radius 3 is 2.72 bits per heavy atom. The van der Waals surface area contributed by atoms with E-state index in [1.165, 1.54) is 0 Å². The maximum atomic E-state index is 11.9. The summed E-state index contributed by atoms with van der Waals surface area (Å²) in [4.78, 5) is 2.71. The van der Waals surface area contributed by atoms with Crippen molar-refractivity contribution in [1.29, 1.82) is 0 Å². The Morgan fingerprint density at radius 2 is 2.17 bits per heavy atom. The van der Waals surface area contributed by atoms with Crippen molar-refractivity contribution in [2.24, 2.45) is 5.11 Å². The summed E-state index contributed by atoms with van der Waals surface area (Å²) >= 11 is 0. The Kier molecular flexibility index (Phi) is 5.14. The molecule has 0 aliphatic carbocycles. The van der Waals surface area contributed by atoms with Crippen molar-refractivity contribution in [3.8, 4) is 0 Å². The van der Waals surface area contributed by atoms with E-state index in [0.717, 1.165) is 0 Å². The molecule has 0 fully saturated rings. The van der Waals surface area contributed by atoms with Crippen LogP contribution in [-0.2, 0) is 10.0 Å².